The summed E-state index contributed by atoms with van der Waals surface area (Å²) in [7, 11) is 1.69. The van der Waals surface area contributed by atoms with Crippen molar-refractivity contribution in [3.8, 4) is 0 Å². The van der Waals surface area contributed by atoms with Gasteiger partial charge in [0.1, 0.15) is 0 Å². The highest BCUT2D eigenvalue weighted by molar-refractivity contribution is 6.39. The van der Waals surface area contributed by atoms with Crippen LogP contribution >= 0.6 is 34.8 Å². The van der Waals surface area contributed by atoms with Crippen LogP contribution in [0, 0.1) is 5.92 Å². The quantitative estimate of drug-likeness (QED) is 0.292. The predicted molar refractivity (Wildman–Crippen MR) is 139 cm³/mol. The Kier molecular flexibility index (Phi) is 7.94. The van der Waals surface area contributed by atoms with E-state index >= 15 is 0 Å². The molecule has 1 unspecified atom stereocenters. The number of anilines is 3. The summed E-state index contributed by atoms with van der Waals surface area (Å²) >= 11 is 19.3. The number of imidazole rings is 1. The van der Waals surface area contributed by atoms with Gasteiger partial charge in [0.2, 0.25) is 5.95 Å². The van der Waals surface area contributed by atoms with Crippen LogP contribution < -0.4 is 15.5 Å². The van der Waals surface area contributed by atoms with Gasteiger partial charge in [0.15, 0.2) is 0 Å². The molecular weight excluding hydrogens is 576 g/mol. The number of amides is 1. The Morgan fingerprint density at radius 3 is 2.50 bits per heavy atom. The number of hydrogen-bond acceptors (Lipinski definition) is 4. The molecule has 0 radical (unpaired) electrons. The fourth-order valence-corrected chi connectivity index (χ4v) is 5.12. The predicted octanol–water partition coefficient (Wildman–Crippen LogP) is 7.33. The number of benzene rings is 2. The highest BCUT2D eigenvalue weighted by atomic mass is 35.5. The number of aromatic nitrogens is 2. The Balaban J connectivity index is 1.62. The highest BCUT2D eigenvalue weighted by Gasteiger charge is 2.42. The summed E-state index contributed by atoms with van der Waals surface area (Å²) in [5, 5.41) is 5.72. The minimum atomic E-state index is -4.29. The SMILES string of the molecule is Cn1c(Nc2c(Cl)ccc(CNC(=O)C(C)(F)F)c2Cl)nc2cc(Cl)c(N3CCCC(C(F)(F)F)C3)cc21. The summed E-state index contributed by atoms with van der Waals surface area (Å²) in [5.74, 6) is -6.13. The van der Waals surface area contributed by atoms with Gasteiger partial charge < -0.3 is 20.1 Å². The number of carbonyl (C=O) groups excluding carboxylic acids is 1. The topological polar surface area (TPSA) is 62.2 Å². The lowest BCUT2D eigenvalue weighted by Crippen LogP contribution is -2.41. The molecule has 1 aromatic heterocycles. The molecule has 0 bridgehead atoms. The zero-order valence-electron chi connectivity index (χ0n) is 20.2. The molecule has 0 spiro atoms. The molecule has 2 N–H and O–H groups in total. The van der Waals surface area contributed by atoms with E-state index in [4.69, 9.17) is 34.8 Å². The van der Waals surface area contributed by atoms with Crippen LogP contribution in [0.15, 0.2) is 24.3 Å². The lowest BCUT2D eigenvalue weighted by atomic mass is 9.97. The molecule has 6 nitrogen and oxygen atoms in total. The van der Waals surface area contributed by atoms with Crippen LogP contribution in [0.25, 0.3) is 11.0 Å². The number of fused-ring (bicyclic) bond motifs is 1. The zero-order chi connectivity index (χ0) is 28.0. The number of carbonyl (C=O) groups is 1. The van der Waals surface area contributed by atoms with E-state index in [9.17, 15) is 26.7 Å². The lowest BCUT2D eigenvalue weighted by molar-refractivity contribution is -0.176. The first-order valence-corrected chi connectivity index (χ1v) is 12.7. The van der Waals surface area contributed by atoms with Gasteiger partial charge in [-0.05, 0) is 36.6 Å². The summed E-state index contributed by atoms with van der Waals surface area (Å²) in [5.41, 5.74) is 2.13. The minimum absolute atomic E-state index is 0.0742. The van der Waals surface area contributed by atoms with Gasteiger partial charge in [-0.3, -0.25) is 4.79 Å². The molecule has 1 amide bonds. The molecule has 3 aromatic rings. The molecule has 4 rings (SSSR count). The number of piperidine rings is 1. The van der Waals surface area contributed by atoms with Crippen molar-refractivity contribution in [1.82, 2.24) is 14.9 Å². The highest BCUT2D eigenvalue weighted by Crippen LogP contribution is 2.40. The van der Waals surface area contributed by atoms with Crippen molar-refractivity contribution in [3.63, 3.8) is 0 Å². The van der Waals surface area contributed by atoms with Crippen LogP contribution in [-0.2, 0) is 18.4 Å². The number of halogens is 8. The first-order valence-electron chi connectivity index (χ1n) is 11.5. The van der Waals surface area contributed by atoms with Crippen LogP contribution in [0.5, 0.6) is 0 Å². The van der Waals surface area contributed by atoms with E-state index in [1.165, 1.54) is 12.1 Å². The van der Waals surface area contributed by atoms with E-state index in [-0.39, 0.29) is 40.3 Å². The molecule has 1 aliphatic rings. The third-order valence-electron chi connectivity index (χ3n) is 6.42. The number of aryl methyl sites for hydroxylation is 1. The summed E-state index contributed by atoms with van der Waals surface area (Å²) < 4.78 is 68.1. The van der Waals surface area contributed by atoms with Crippen molar-refractivity contribution in [3.05, 3.63) is 44.9 Å². The molecule has 2 heterocycles. The van der Waals surface area contributed by atoms with Gasteiger partial charge in [-0.1, -0.05) is 40.9 Å². The molecule has 1 fully saturated rings. The molecule has 0 saturated carbocycles. The van der Waals surface area contributed by atoms with Crippen molar-refractivity contribution < 1.29 is 26.7 Å². The molecular formula is C24H23Cl3F5N5O. The Labute approximate surface area is 230 Å². The second-order valence-electron chi connectivity index (χ2n) is 9.21. The summed E-state index contributed by atoms with van der Waals surface area (Å²) in [6, 6.07) is 6.26. The third-order valence-corrected chi connectivity index (χ3v) is 7.47. The van der Waals surface area contributed by atoms with Crippen LogP contribution in [0.1, 0.15) is 25.3 Å². The number of hydrogen-bond donors (Lipinski definition) is 2. The van der Waals surface area contributed by atoms with Gasteiger partial charge in [-0.25, -0.2) is 4.98 Å². The summed E-state index contributed by atoms with van der Waals surface area (Å²) in [4.78, 5) is 17.7. The Morgan fingerprint density at radius 2 is 1.84 bits per heavy atom. The molecule has 14 heteroatoms. The van der Waals surface area contributed by atoms with E-state index < -0.39 is 23.9 Å². The largest absolute Gasteiger partial charge is 0.393 e. The minimum Gasteiger partial charge on any atom is -0.370 e. The van der Waals surface area contributed by atoms with Crippen LogP contribution in [0.4, 0.5) is 39.3 Å². The smallest absolute Gasteiger partial charge is 0.370 e. The van der Waals surface area contributed by atoms with Gasteiger partial charge in [0.05, 0.1) is 43.4 Å². The lowest BCUT2D eigenvalue weighted by Gasteiger charge is -2.35. The second kappa shape index (κ2) is 10.6. The fraction of sp³-hybridized carbons (Fsp3) is 0.417. The van der Waals surface area contributed by atoms with Crippen molar-refractivity contribution in [2.24, 2.45) is 13.0 Å². The average Bonchev–Trinajstić information content (AvgIpc) is 3.13. The Morgan fingerprint density at radius 1 is 1.13 bits per heavy atom. The molecule has 1 aliphatic heterocycles. The van der Waals surface area contributed by atoms with Gasteiger partial charge in [-0.15, -0.1) is 0 Å². The van der Waals surface area contributed by atoms with Crippen LogP contribution in [-0.4, -0.2) is 40.6 Å². The van der Waals surface area contributed by atoms with E-state index in [0.29, 0.717) is 48.1 Å². The molecule has 2 aromatic carbocycles. The molecule has 1 saturated heterocycles. The third kappa shape index (κ3) is 5.89. The van der Waals surface area contributed by atoms with Gasteiger partial charge in [0, 0.05) is 33.6 Å². The van der Waals surface area contributed by atoms with E-state index in [1.54, 1.807) is 28.6 Å². The normalized spacial score (nSPS) is 16.7. The summed E-state index contributed by atoms with van der Waals surface area (Å²) in [6.07, 6.45) is -3.82. The van der Waals surface area contributed by atoms with Crippen molar-refractivity contribution in [2.75, 3.05) is 23.3 Å². The van der Waals surface area contributed by atoms with E-state index in [1.807, 2.05) is 0 Å². The van der Waals surface area contributed by atoms with E-state index in [0.717, 1.165) is 0 Å². The average molecular weight is 599 g/mol. The van der Waals surface area contributed by atoms with E-state index in [2.05, 4.69) is 15.6 Å². The zero-order valence-corrected chi connectivity index (χ0v) is 22.5. The maximum Gasteiger partial charge on any atom is 0.393 e. The number of nitrogens with zero attached hydrogens (tertiary/aromatic N) is 3. The van der Waals surface area contributed by atoms with Gasteiger partial charge >= 0.3 is 12.1 Å². The standard InChI is InChI=1S/C24H23Cl3F5N5O/c1-23(28,29)21(38)33-10-12-5-6-14(25)20(19(12)27)35-22-34-16-8-15(26)17(9-18(16)36(22)2)37-7-3-4-13(11-37)24(30,31)32/h5-6,8-9,13H,3-4,7,10-11H2,1-2H3,(H,33,38)(H,34,35). The number of alkyl halides is 5. The fourth-order valence-electron chi connectivity index (χ4n) is 4.31. The molecule has 206 valence electrons. The second-order valence-corrected chi connectivity index (χ2v) is 10.4. The summed E-state index contributed by atoms with van der Waals surface area (Å²) in [6.45, 7) is 0.487. The number of rotatable bonds is 6. The Bertz CT molecular complexity index is 1370. The maximum absolute atomic E-state index is 13.3. The van der Waals surface area contributed by atoms with Crippen molar-refractivity contribution in [2.45, 2.75) is 38.4 Å². The monoisotopic (exact) mass is 597 g/mol. The van der Waals surface area contributed by atoms with Gasteiger partial charge in [0.25, 0.3) is 5.91 Å². The first-order chi connectivity index (χ1) is 17.7. The Hall–Kier alpha value is -2.50. The maximum atomic E-state index is 13.3. The molecule has 0 aliphatic carbocycles. The van der Waals surface area contributed by atoms with Crippen LogP contribution in [0.3, 0.4) is 0 Å². The molecule has 1 atom stereocenters. The van der Waals surface area contributed by atoms with Gasteiger partial charge in [-0.2, -0.15) is 22.0 Å². The van der Waals surface area contributed by atoms with Crippen LogP contribution in [0.2, 0.25) is 15.1 Å². The number of nitrogens with one attached hydrogen (secondary N) is 2. The molecule has 38 heavy (non-hydrogen) atoms. The first kappa shape index (κ1) is 28.5. The van der Waals surface area contributed by atoms with Crippen molar-refractivity contribution >= 4 is 69.1 Å². The van der Waals surface area contributed by atoms with Crippen molar-refractivity contribution in [1.29, 1.82) is 0 Å².